The Morgan fingerprint density at radius 2 is 2.33 bits per heavy atom. The average molecular weight is 206 g/mol. The monoisotopic (exact) mass is 206 g/mol. The van der Waals surface area contributed by atoms with E-state index in [2.05, 4.69) is 41.1 Å². The van der Waals surface area contributed by atoms with E-state index in [0.717, 1.165) is 18.9 Å². The highest BCUT2D eigenvalue weighted by molar-refractivity contribution is 4.95. The highest BCUT2D eigenvalue weighted by Gasteiger charge is 1.99. The van der Waals surface area contributed by atoms with Gasteiger partial charge >= 0.3 is 0 Å². The highest BCUT2D eigenvalue weighted by atomic mass is 15.3. The molecule has 0 spiro atoms. The van der Waals surface area contributed by atoms with Crippen molar-refractivity contribution in [3.63, 3.8) is 0 Å². The van der Waals surface area contributed by atoms with Crippen LogP contribution in [0.5, 0.6) is 0 Å². The molecule has 0 aliphatic heterocycles. The summed E-state index contributed by atoms with van der Waals surface area (Å²) in [4.78, 5) is 4.19. The Kier molecular flexibility index (Phi) is 4.85. The van der Waals surface area contributed by atoms with Crippen LogP contribution in [0.25, 0.3) is 0 Å². The molecule has 1 rings (SSSR count). The summed E-state index contributed by atoms with van der Waals surface area (Å²) < 4.78 is 1.75. The van der Waals surface area contributed by atoms with E-state index < -0.39 is 0 Å². The number of nitrogens with zero attached hydrogens (tertiary/aromatic N) is 3. The minimum atomic E-state index is 0.619. The molecule has 1 N–H and O–H groups in total. The van der Waals surface area contributed by atoms with Crippen molar-refractivity contribution >= 4 is 0 Å². The molecule has 0 bridgehead atoms. The molecule has 1 aromatic heterocycles. The van der Waals surface area contributed by atoms with E-state index in [1.165, 1.54) is 0 Å². The number of rotatable bonds is 5. The van der Waals surface area contributed by atoms with Gasteiger partial charge in [-0.1, -0.05) is 19.8 Å². The third kappa shape index (κ3) is 4.61. The van der Waals surface area contributed by atoms with Crippen LogP contribution in [0.4, 0.5) is 0 Å². The van der Waals surface area contributed by atoms with E-state index in [1.807, 2.05) is 6.92 Å². The topological polar surface area (TPSA) is 42.7 Å². The highest BCUT2D eigenvalue weighted by Crippen LogP contribution is 1.92. The van der Waals surface area contributed by atoms with Crippen LogP contribution in [0, 0.1) is 17.8 Å². The van der Waals surface area contributed by atoms with Gasteiger partial charge < -0.3 is 5.32 Å². The van der Waals surface area contributed by atoms with Crippen LogP contribution < -0.4 is 5.32 Å². The van der Waals surface area contributed by atoms with Gasteiger partial charge in [0, 0.05) is 0 Å². The lowest BCUT2D eigenvalue weighted by Crippen LogP contribution is -2.19. The van der Waals surface area contributed by atoms with E-state index in [0.29, 0.717) is 12.5 Å². The SMILES string of the molecule is CC#CCn1cnc(CNCC(C)C)n1. The lowest BCUT2D eigenvalue weighted by Gasteiger charge is -2.03. The van der Waals surface area contributed by atoms with Gasteiger partial charge in [0.2, 0.25) is 0 Å². The van der Waals surface area contributed by atoms with Crippen LogP contribution in [-0.2, 0) is 13.1 Å². The Morgan fingerprint density at radius 3 is 3.00 bits per heavy atom. The van der Waals surface area contributed by atoms with Crippen LogP contribution in [0.2, 0.25) is 0 Å². The van der Waals surface area contributed by atoms with Crippen molar-refractivity contribution in [3.8, 4) is 11.8 Å². The largest absolute Gasteiger partial charge is 0.310 e. The second-order valence-electron chi connectivity index (χ2n) is 3.81. The minimum absolute atomic E-state index is 0.619. The zero-order valence-corrected chi connectivity index (χ0v) is 9.62. The second-order valence-corrected chi connectivity index (χ2v) is 3.81. The fourth-order valence-corrected chi connectivity index (χ4v) is 1.12. The predicted octanol–water partition coefficient (Wildman–Crippen LogP) is 1.05. The number of hydrogen-bond acceptors (Lipinski definition) is 3. The maximum Gasteiger partial charge on any atom is 0.164 e. The van der Waals surface area contributed by atoms with E-state index in [9.17, 15) is 0 Å². The fraction of sp³-hybridized carbons (Fsp3) is 0.636. The Labute approximate surface area is 91.1 Å². The fourth-order valence-electron chi connectivity index (χ4n) is 1.12. The molecule has 0 radical (unpaired) electrons. The molecule has 4 nitrogen and oxygen atoms in total. The van der Waals surface area contributed by atoms with Crippen LogP contribution in [0.3, 0.4) is 0 Å². The molecule has 0 amide bonds. The van der Waals surface area contributed by atoms with Gasteiger partial charge in [-0.15, -0.1) is 5.92 Å². The molecule has 1 aromatic rings. The molecule has 0 aliphatic rings. The van der Waals surface area contributed by atoms with Crippen LogP contribution in [0.1, 0.15) is 26.6 Å². The number of hydrogen-bond donors (Lipinski definition) is 1. The zero-order valence-electron chi connectivity index (χ0n) is 9.62. The van der Waals surface area contributed by atoms with E-state index in [4.69, 9.17) is 0 Å². The lowest BCUT2D eigenvalue weighted by atomic mass is 10.2. The summed E-state index contributed by atoms with van der Waals surface area (Å²) >= 11 is 0. The molecule has 0 saturated heterocycles. The first kappa shape index (κ1) is 11.7. The van der Waals surface area contributed by atoms with Crippen molar-refractivity contribution in [1.82, 2.24) is 20.1 Å². The first-order valence-electron chi connectivity index (χ1n) is 5.21. The third-order valence-corrected chi connectivity index (χ3v) is 1.84. The van der Waals surface area contributed by atoms with Gasteiger partial charge in [0.25, 0.3) is 0 Å². The standard InChI is InChI=1S/C11H18N4/c1-4-5-6-15-9-13-11(14-15)8-12-7-10(2)3/h9-10,12H,6-8H2,1-3H3. The smallest absolute Gasteiger partial charge is 0.164 e. The molecule has 4 heteroatoms. The Bertz CT molecular complexity index is 343. The van der Waals surface area contributed by atoms with Crippen LogP contribution in [0.15, 0.2) is 6.33 Å². The van der Waals surface area contributed by atoms with Crippen molar-refractivity contribution in [2.45, 2.75) is 33.9 Å². The Balaban J connectivity index is 2.34. The van der Waals surface area contributed by atoms with E-state index in [1.54, 1.807) is 11.0 Å². The van der Waals surface area contributed by atoms with Gasteiger partial charge in [0.1, 0.15) is 12.9 Å². The zero-order chi connectivity index (χ0) is 11.1. The first-order valence-corrected chi connectivity index (χ1v) is 5.21. The number of nitrogens with one attached hydrogen (secondary N) is 1. The molecular formula is C11H18N4. The molecular weight excluding hydrogens is 188 g/mol. The van der Waals surface area contributed by atoms with Gasteiger partial charge in [-0.25, -0.2) is 9.67 Å². The van der Waals surface area contributed by atoms with Crippen molar-refractivity contribution in [1.29, 1.82) is 0 Å². The summed E-state index contributed by atoms with van der Waals surface area (Å²) in [6.07, 6.45) is 1.72. The summed E-state index contributed by atoms with van der Waals surface area (Å²) in [5, 5.41) is 7.58. The predicted molar refractivity (Wildman–Crippen MR) is 60.0 cm³/mol. The van der Waals surface area contributed by atoms with E-state index >= 15 is 0 Å². The van der Waals surface area contributed by atoms with Crippen molar-refractivity contribution in [3.05, 3.63) is 12.2 Å². The molecule has 0 aromatic carbocycles. The molecule has 0 aliphatic carbocycles. The summed E-state index contributed by atoms with van der Waals surface area (Å²) in [7, 11) is 0. The van der Waals surface area contributed by atoms with Gasteiger partial charge in [0.15, 0.2) is 5.82 Å². The maximum absolute atomic E-state index is 4.29. The van der Waals surface area contributed by atoms with Crippen LogP contribution in [-0.4, -0.2) is 21.3 Å². The molecule has 0 atom stereocenters. The quantitative estimate of drug-likeness (QED) is 0.732. The Hall–Kier alpha value is -1.34. The van der Waals surface area contributed by atoms with Crippen molar-refractivity contribution in [2.75, 3.05) is 6.54 Å². The second kappa shape index (κ2) is 6.20. The summed E-state index contributed by atoms with van der Waals surface area (Å²) in [5.74, 6) is 7.25. The molecule has 15 heavy (non-hydrogen) atoms. The van der Waals surface area contributed by atoms with Crippen molar-refractivity contribution < 1.29 is 0 Å². The van der Waals surface area contributed by atoms with Gasteiger partial charge in [-0.2, -0.15) is 5.10 Å². The van der Waals surface area contributed by atoms with Gasteiger partial charge in [-0.05, 0) is 19.4 Å². The van der Waals surface area contributed by atoms with Crippen LogP contribution >= 0.6 is 0 Å². The maximum atomic E-state index is 4.29. The Morgan fingerprint density at radius 1 is 1.53 bits per heavy atom. The summed E-state index contributed by atoms with van der Waals surface area (Å²) in [6, 6.07) is 0. The average Bonchev–Trinajstić information content (AvgIpc) is 2.62. The van der Waals surface area contributed by atoms with Crippen molar-refractivity contribution in [2.24, 2.45) is 5.92 Å². The lowest BCUT2D eigenvalue weighted by molar-refractivity contribution is 0.540. The summed E-state index contributed by atoms with van der Waals surface area (Å²) in [6.45, 7) is 8.51. The molecule has 0 saturated carbocycles. The normalized spacial score (nSPS) is 10.1. The number of aromatic nitrogens is 3. The molecule has 0 unspecified atom stereocenters. The minimum Gasteiger partial charge on any atom is -0.310 e. The molecule has 1 heterocycles. The molecule has 0 fully saturated rings. The molecule has 82 valence electrons. The third-order valence-electron chi connectivity index (χ3n) is 1.84. The summed E-state index contributed by atoms with van der Waals surface area (Å²) in [5.41, 5.74) is 0. The van der Waals surface area contributed by atoms with Gasteiger partial charge in [0.05, 0.1) is 6.54 Å². The first-order chi connectivity index (χ1) is 7.22. The van der Waals surface area contributed by atoms with Gasteiger partial charge in [-0.3, -0.25) is 0 Å². The van der Waals surface area contributed by atoms with E-state index in [-0.39, 0.29) is 0 Å².